The molecule has 1 unspecified atom stereocenters. The van der Waals surface area contributed by atoms with Gasteiger partial charge in [0.2, 0.25) is 0 Å². The Kier molecular flexibility index (Phi) is 6.64. The second-order valence-corrected chi connectivity index (χ2v) is 6.95. The second-order valence-electron chi connectivity index (χ2n) is 4.93. The molecule has 0 aliphatic carbocycles. The SMILES string of the molecule is COCC(C)NC(N)=NCCc1ccc(S(C)(=O)=O)cc1. The predicted octanol–water partition coefficient (Wildman–Crippen LogP) is 0.572. The van der Waals surface area contributed by atoms with Gasteiger partial charge < -0.3 is 15.8 Å². The lowest BCUT2D eigenvalue weighted by Gasteiger charge is -2.13. The number of nitrogens with zero attached hydrogens (tertiary/aromatic N) is 1. The molecule has 0 saturated carbocycles. The molecule has 0 heterocycles. The number of sulfone groups is 1. The van der Waals surface area contributed by atoms with Gasteiger partial charge in [0.05, 0.1) is 11.5 Å². The molecule has 1 rings (SSSR count). The topological polar surface area (TPSA) is 93.8 Å². The summed E-state index contributed by atoms with van der Waals surface area (Å²) in [5.74, 6) is 0.382. The number of hydrogen-bond acceptors (Lipinski definition) is 4. The van der Waals surface area contributed by atoms with E-state index in [9.17, 15) is 8.42 Å². The van der Waals surface area contributed by atoms with E-state index in [0.717, 1.165) is 5.56 Å². The first-order valence-electron chi connectivity index (χ1n) is 6.67. The Morgan fingerprint density at radius 3 is 2.52 bits per heavy atom. The Labute approximate surface area is 126 Å². The maximum absolute atomic E-state index is 11.3. The highest BCUT2D eigenvalue weighted by Gasteiger charge is 2.06. The number of nitrogens with one attached hydrogen (secondary N) is 1. The summed E-state index contributed by atoms with van der Waals surface area (Å²) in [6.07, 6.45) is 1.89. The van der Waals surface area contributed by atoms with E-state index in [2.05, 4.69) is 10.3 Å². The molecule has 118 valence electrons. The third kappa shape index (κ3) is 6.59. The minimum atomic E-state index is -3.14. The molecule has 0 spiro atoms. The molecule has 0 aliphatic heterocycles. The Hall–Kier alpha value is -1.60. The van der Waals surface area contributed by atoms with Gasteiger partial charge in [-0.1, -0.05) is 12.1 Å². The molecular weight excluding hydrogens is 290 g/mol. The first-order valence-corrected chi connectivity index (χ1v) is 8.56. The fraction of sp³-hybridized carbons (Fsp3) is 0.500. The third-order valence-electron chi connectivity index (χ3n) is 2.85. The lowest BCUT2D eigenvalue weighted by Crippen LogP contribution is -2.40. The lowest BCUT2D eigenvalue weighted by molar-refractivity contribution is 0.179. The van der Waals surface area contributed by atoms with Gasteiger partial charge in [0.1, 0.15) is 0 Å². The van der Waals surface area contributed by atoms with Crippen molar-refractivity contribution in [2.75, 3.05) is 26.5 Å². The van der Waals surface area contributed by atoms with Gasteiger partial charge in [-0.15, -0.1) is 0 Å². The van der Waals surface area contributed by atoms with Gasteiger partial charge in [0, 0.05) is 26.0 Å². The molecule has 0 bridgehead atoms. The molecule has 1 aromatic carbocycles. The van der Waals surface area contributed by atoms with Crippen LogP contribution in [0.25, 0.3) is 0 Å². The average Bonchev–Trinajstić information content (AvgIpc) is 2.38. The fourth-order valence-corrected chi connectivity index (χ4v) is 2.43. The number of benzene rings is 1. The molecule has 1 atom stereocenters. The maximum atomic E-state index is 11.3. The van der Waals surface area contributed by atoms with Crippen LogP contribution in [-0.2, 0) is 21.0 Å². The van der Waals surface area contributed by atoms with Crippen molar-refractivity contribution in [1.82, 2.24) is 5.32 Å². The van der Waals surface area contributed by atoms with Gasteiger partial charge in [-0.05, 0) is 31.0 Å². The maximum Gasteiger partial charge on any atom is 0.188 e. The van der Waals surface area contributed by atoms with Gasteiger partial charge in [-0.3, -0.25) is 4.99 Å². The van der Waals surface area contributed by atoms with Crippen molar-refractivity contribution in [3.05, 3.63) is 29.8 Å². The molecule has 0 amide bonds. The van der Waals surface area contributed by atoms with E-state index in [0.29, 0.717) is 30.4 Å². The van der Waals surface area contributed by atoms with Crippen LogP contribution < -0.4 is 11.1 Å². The normalized spacial score (nSPS) is 14.0. The Balaban J connectivity index is 2.48. The van der Waals surface area contributed by atoms with E-state index in [1.54, 1.807) is 31.4 Å². The standard InChI is InChI=1S/C14H23N3O3S/c1-11(10-20-2)17-14(15)16-9-8-12-4-6-13(7-5-12)21(3,18)19/h4-7,11H,8-10H2,1-3H3,(H3,15,16,17). The summed E-state index contributed by atoms with van der Waals surface area (Å²) in [6.45, 7) is 3.05. The zero-order chi connectivity index (χ0) is 15.9. The summed E-state index contributed by atoms with van der Waals surface area (Å²) in [4.78, 5) is 4.55. The molecule has 21 heavy (non-hydrogen) atoms. The lowest BCUT2D eigenvalue weighted by atomic mass is 10.1. The predicted molar refractivity (Wildman–Crippen MR) is 84.2 cm³/mol. The first kappa shape index (κ1) is 17.5. The second kappa shape index (κ2) is 7.99. The van der Waals surface area contributed by atoms with Crippen LogP contribution in [0.5, 0.6) is 0 Å². The van der Waals surface area contributed by atoms with Crippen LogP contribution in [0.2, 0.25) is 0 Å². The van der Waals surface area contributed by atoms with Crippen LogP contribution in [0.3, 0.4) is 0 Å². The minimum absolute atomic E-state index is 0.104. The first-order chi connectivity index (χ1) is 9.82. The molecule has 0 aliphatic rings. The number of ether oxygens (including phenoxy) is 1. The van der Waals surface area contributed by atoms with Crippen molar-refractivity contribution in [1.29, 1.82) is 0 Å². The van der Waals surface area contributed by atoms with Crippen LogP contribution in [0.15, 0.2) is 34.2 Å². The van der Waals surface area contributed by atoms with Crippen LogP contribution >= 0.6 is 0 Å². The summed E-state index contributed by atoms with van der Waals surface area (Å²) in [5, 5.41) is 3.02. The zero-order valence-electron chi connectivity index (χ0n) is 12.7. The van der Waals surface area contributed by atoms with Crippen molar-refractivity contribution in [3.8, 4) is 0 Å². The summed E-state index contributed by atoms with van der Waals surface area (Å²) in [6, 6.07) is 6.91. The molecule has 6 nitrogen and oxygen atoms in total. The molecular formula is C14H23N3O3S. The molecule has 0 radical (unpaired) electrons. The van der Waals surface area contributed by atoms with Crippen LogP contribution in [-0.4, -0.2) is 46.9 Å². The molecule has 0 saturated heterocycles. The van der Waals surface area contributed by atoms with Gasteiger partial charge in [0.25, 0.3) is 0 Å². The Morgan fingerprint density at radius 1 is 1.38 bits per heavy atom. The molecule has 0 fully saturated rings. The van der Waals surface area contributed by atoms with E-state index in [1.807, 2.05) is 6.92 Å². The van der Waals surface area contributed by atoms with E-state index in [4.69, 9.17) is 10.5 Å². The number of hydrogen-bond donors (Lipinski definition) is 2. The number of guanidine groups is 1. The van der Waals surface area contributed by atoms with Crippen LogP contribution in [0.4, 0.5) is 0 Å². The van der Waals surface area contributed by atoms with Crippen molar-refractivity contribution in [2.45, 2.75) is 24.3 Å². The summed E-state index contributed by atoms with van der Waals surface area (Å²) in [7, 11) is -1.51. The number of methoxy groups -OCH3 is 1. The van der Waals surface area contributed by atoms with Gasteiger partial charge in [-0.2, -0.15) is 0 Å². The van der Waals surface area contributed by atoms with E-state index in [-0.39, 0.29) is 6.04 Å². The van der Waals surface area contributed by atoms with Gasteiger partial charge in [0.15, 0.2) is 15.8 Å². The van der Waals surface area contributed by atoms with Gasteiger partial charge in [-0.25, -0.2) is 8.42 Å². The van der Waals surface area contributed by atoms with E-state index < -0.39 is 9.84 Å². The highest BCUT2D eigenvalue weighted by molar-refractivity contribution is 7.90. The number of aliphatic imine (C=N–C) groups is 1. The third-order valence-corrected chi connectivity index (χ3v) is 3.97. The summed E-state index contributed by atoms with van der Waals surface area (Å²) >= 11 is 0. The van der Waals surface area contributed by atoms with Crippen LogP contribution in [0, 0.1) is 0 Å². The van der Waals surface area contributed by atoms with Crippen molar-refractivity contribution in [3.63, 3.8) is 0 Å². The molecule has 3 N–H and O–H groups in total. The average molecular weight is 313 g/mol. The molecule has 0 aromatic heterocycles. The van der Waals surface area contributed by atoms with Crippen LogP contribution in [0.1, 0.15) is 12.5 Å². The smallest absolute Gasteiger partial charge is 0.188 e. The van der Waals surface area contributed by atoms with E-state index in [1.165, 1.54) is 6.26 Å². The minimum Gasteiger partial charge on any atom is -0.383 e. The zero-order valence-corrected chi connectivity index (χ0v) is 13.5. The molecule has 7 heteroatoms. The monoisotopic (exact) mass is 313 g/mol. The van der Waals surface area contributed by atoms with Crippen molar-refractivity contribution >= 4 is 15.8 Å². The van der Waals surface area contributed by atoms with Gasteiger partial charge >= 0.3 is 0 Å². The number of nitrogens with two attached hydrogens (primary N) is 1. The largest absolute Gasteiger partial charge is 0.383 e. The van der Waals surface area contributed by atoms with Crippen molar-refractivity contribution < 1.29 is 13.2 Å². The summed E-state index contributed by atoms with van der Waals surface area (Å²) < 4.78 is 27.7. The highest BCUT2D eigenvalue weighted by atomic mass is 32.2. The Bertz CT molecular complexity index is 568. The quantitative estimate of drug-likeness (QED) is 0.567. The Morgan fingerprint density at radius 2 is 2.00 bits per heavy atom. The van der Waals surface area contributed by atoms with E-state index >= 15 is 0 Å². The molecule has 1 aromatic rings. The summed E-state index contributed by atoms with van der Waals surface area (Å²) in [5.41, 5.74) is 6.77. The highest BCUT2D eigenvalue weighted by Crippen LogP contribution is 2.10. The van der Waals surface area contributed by atoms with Crippen molar-refractivity contribution in [2.24, 2.45) is 10.7 Å². The number of rotatable bonds is 7. The fourth-order valence-electron chi connectivity index (χ4n) is 1.80.